The highest BCUT2D eigenvalue weighted by atomic mass is 79.9. The maximum absolute atomic E-state index is 13.3. The van der Waals surface area contributed by atoms with Crippen LogP contribution in [0.4, 0.5) is 10.1 Å². The van der Waals surface area contributed by atoms with Crippen LogP contribution in [0, 0.1) is 5.82 Å². The first-order chi connectivity index (χ1) is 9.86. The summed E-state index contributed by atoms with van der Waals surface area (Å²) in [6.45, 7) is 0. The summed E-state index contributed by atoms with van der Waals surface area (Å²) in [5.41, 5.74) is 0.591. The number of phenols is 1. The van der Waals surface area contributed by atoms with Crippen molar-refractivity contribution in [3.63, 3.8) is 0 Å². The maximum atomic E-state index is 13.3. The van der Waals surface area contributed by atoms with E-state index in [1.807, 2.05) is 0 Å². The van der Waals surface area contributed by atoms with Gasteiger partial charge >= 0.3 is 5.97 Å². The van der Waals surface area contributed by atoms with Crippen LogP contribution >= 0.6 is 27.5 Å². The van der Waals surface area contributed by atoms with Gasteiger partial charge in [-0.2, -0.15) is 0 Å². The van der Waals surface area contributed by atoms with Gasteiger partial charge in [-0.3, -0.25) is 0 Å². The van der Waals surface area contributed by atoms with Crippen LogP contribution in [0.2, 0.25) is 5.02 Å². The van der Waals surface area contributed by atoms with Gasteiger partial charge in [-0.1, -0.05) is 11.6 Å². The number of anilines is 1. The quantitative estimate of drug-likeness (QED) is 0.751. The van der Waals surface area contributed by atoms with E-state index in [4.69, 9.17) is 11.6 Å². The molecule has 0 aliphatic rings. The molecule has 3 N–H and O–H groups in total. The second-order valence-electron chi connectivity index (χ2n) is 4.29. The summed E-state index contributed by atoms with van der Waals surface area (Å²) in [5, 5.41) is 21.9. The number of hydrogen-bond acceptors (Lipinski definition) is 3. The first-order valence-electron chi connectivity index (χ1n) is 5.80. The number of carboxylic acids is 1. The standard InChI is InChI=1S/C14H10BrClFNO3/c15-11-6-9(1-2-12(11)16)18-13(14(20)21)7-3-8(17)5-10(19)4-7/h1-6,13,18-19H,(H,20,21). The van der Waals surface area contributed by atoms with Gasteiger partial charge in [-0.15, -0.1) is 0 Å². The minimum atomic E-state index is -1.21. The third-order valence-electron chi connectivity index (χ3n) is 2.72. The number of aromatic hydroxyl groups is 1. The molecule has 0 heterocycles. The normalized spacial score (nSPS) is 12.0. The van der Waals surface area contributed by atoms with Gasteiger partial charge in [0, 0.05) is 16.2 Å². The molecule has 2 aromatic carbocycles. The maximum Gasteiger partial charge on any atom is 0.330 e. The number of carboxylic acid groups (broad SMARTS) is 1. The molecule has 21 heavy (non-hydrogen) atoms. The topological polar surface area (TPSA) is 69.6 Å². The van der Waals surface area contributed by atoms with E-state index in [1.165, 1.54) is 6.07 Å². The molecule has 2 aromatic rings. The van der Waals surface area contributed by atoms with Crippen LogP contribution in [0.25, 0.3) is 0 Å². The second kappa shape index (κ2) is 6.32. The third-order valence-corrected chi connectivity index (χ3v) is 3.93. The molecule has 0 radical (unpaired) electrons. The predicted octanol–water partition coefficient (Wildman–Crippen LogP) is 4.19. The average Bonchev–Trinajstić information content (AvgIpc) is 2.38. The molecule has 0 amide bonds. The Morgan fingerprint density at radius 1 is 1.29 bits per heavy atom. The molecule has 4 nitrogen and oxygen atoms in total. The van der Waals surface area contributed by atoms with Crippen LogP contribution in [0.1, 0.15) is 11.6 Å². The lowest BCUT2D eigenvalue weighted by Gasteiger charge is -2.17. The summed E-state index contributed by atoms with van der Waals surface area (Å²) < 4.78 is 13.9. The fourth-order valence-electron chi connectivity index (χ4n) is 1.80. The van der Waals surface area contributed by atoms with Crippen LogP contribution < -0.4 is 5.32 Å². The van der Waals surface area contributed by atoms with Crippen LogP contribution in [-0.2, 0) is 4.79 Å². The molecule has 0 saturated carbocycles. The highest BCUT2D eigenvalue weighted by molar-refractivity contribution is 9.10. The van der Waals surface area contributed by atoms with E-state index in [0.29, 0.717) is 15.2 Å². The zero-order valence-electron chi connectivity index (χ0n) is 10.5. The molecule has 0 aliphatic heterocycles. The van der Waals surface area contributed by atoms with Gasteiger partial charge in [0.2, 0.25) is 0 Å². The average molecular weight is 375 g/mol. The molecule has 1 unspecified atom stereocenters. The minimum absolute atomic E-state index is 0.103. The van der Waals surface area contributed by atoms with Crippen molar-refractivity contribution in [1.29, 1.82) is 0 Å². The van der Waals surface area contributed by atoms with Crippen molar-refractivity contribution in [3.8, 4) is 5.75 Å². The van der Waals surface area contributed by atoms with Crippen molar-refractivity contribution >= 4 is 39.2 Å². The number of nitrogens with one attached hydrogen (secondary N) is 1. The Kier molecular flexibility index (Phi) is 4.69. The molecule has 1 atom stereocenters. The van der Waals surface area contributed by atoms with Crippen LogP contribution in [-0.4, -0.2) is 16.2 Å². The van der Waals surface area contributed by atoms with Gasteiger partial charge in [0.25, 0.3) is 0 Å². The molecule has 110 valence electrons. The largest absolute Gasteiger partial charge is 0.508 e. The number of hydrogen-bond donors (Lipinski definition) is 3. The summed E-state index contributed by atoms with van der Waals surface area (Å²) in [4.78, 5) is 11.4. The monoisotopic (exact) mass is 373 g/mol. The number of phenolic OH excluding ortho intramolecular Hbond substituents is 1. The van der Waals surface area contributed by atoms with E-state index in [1.54, 1.807) is 18.2 Å². The Bertz CT molecular complexity index is 676. The van der Waals surface area contributed by atoms with Crippen molar-refractivity contribution in [1.82, 2.24) is 0 Å². The van der Waals surface area contributed by atoms with E-state index in [-0.39, 0.29) is 11.3 Å². The summed E-state index contributed by atoms with van der Waals surface area (Å²) in [6, 6.07) is 6.74. The van der Waals surface area contributed by atoms with Crippen LogP contribution in [0.5, 0.6) is 5.75 Å². The van der Waals surface area contributed by atoms with Crippen LogP contribution in [0.3, 0.4) is 0 Å². The van der Waals surface area contributed by atoms with Gasteiger partial charge < -0.3 is 15.5 Å². The lowest BCUT2D eigenvalue weighted by molar-refractivity contribution is -0.138. The molecule has 0 bridgehead atoms. The van der Waals surface area contributed by atoms with Crippen molar-refractivity contribution in [2.45, 2.75) is 6.04 Å². The van der Waals surface area contributed by atoms with Gasteiger partial charge in [0.15, 0.2) is 6.04 Å². The van der Waals surface area contributed by atoms with Crippen molar-refractivity contribution in [3.05, 3.63) is 57.3 Å². The number of benzene rings is 2. The molecule has 2 rings (SSSR count). The van der Waals surface area contributed by atoms with E-state index in [9.17, 15) is 19.4 Å². The zero-order chi connectivity index (χ0) is 15.6. The number of halogens is 3. The van der Waals surface area contributed by atoms with E-state index >= 15 is 0 Å². The minimum Gasteiger partial charge on any atom is -0.508 e. The fourth-order valence-corrected chi connectivity index (χ4v) is 2.30. The Morgan fingerprint density at radius 3 is 2.57 bits per heavy atom. The number of carbonyl (C=O) groups is 1. The smallest absolute Gasteiger partial charge is 0.330 e. The first-order valence-corrected chi connectivity index (χ1v) is 6.98. The van der Waals surface area contributed by atoms with Gasteiger partial charge in [0.1, 0.15) is 11.6 Å². The highest BCUT2D eigenvalue weighted by Crippen LogP contribution is 2.29. The summed E-state index contributed by atoms with van der Waals surface area (Å²) in [7, 11) is 0. The second-order valence-corrected chi connectivity index (χ2v) is 5.55. The molecule has 0 fully saturated rings. The lowest BCUT2D eigenvalue weighted by Crippen LogP contribution is -2.20. The van der Waals surface area contributed by atoms with E-state index < -0.39 is 17.8 Å². The number of rotatable bonds is 4. The van der Waals surface area contributed by atoms with Crippen molar-refractivity contribution in [2.75, 3.05) is 5.32 Å². The van der Waals surface area contributed by atoms with E-state index in [2.05, 4.69) is 21.2 Å². The lowest BCUT2D eigenvalue weighted by atomic mass is 10.1. The predicted molar refractivity (Wildman–Crippen MR) is 81.2 cm³/mol. The third kappa shape index (κ3) is 3.86. The summed E-state index contributed by atoms with van der Waals surface area (Å²) >= 11 is 9.10. The molecule has 0 spiro atoms. The summed E-state index contributed by atoms with van der Waals surface area (Å²) in [5.74, 6) is -2.25. The molecule has 0 aliphatic carbocycles. The molecular formula is C14H10BrClFNO3. The summed E-state index contributed by atoms with van der Waals surface area (Å²) in [6.07, 6.45) is 0. The highest BCUT2D eigenvalue weighted by Gasteiger charge is 2.21. The van der Waals surface area contributed by atoms with Gasteiger partial charge in [0.05, 0.1) is 5.02 Å². The Morgan fingerprint density at radius 2 is 2.00 bits per heavy atom. The Balaban J connectivity index is 2.35. The molecular weight excluding hydrogens is 365 g/mol. The number of aliphatic carboxylic acids is 1. The van der Waals surface area contributed by atoms with E-state index in [0.717, 1.165) is 12.1 Å². The molecule has 0 aromatic heterocycles. The van der Waals surface area contributed by atoms with Crippen molar-refractivity contribution in [2.24, 2.45) is 0 Å². The Hall–Kier alpha value is -1.79. The molecule has 0 saturated heterocycles. The Labute approximate surface area is 133 Å². The fraction of sp³-hybridized carbons (Fsp3) is 0.0714. The molecule has 7 heteroatoms. The zero-order valence-corrected chi connectivity index (χ0v) is 12.8. The van der Waals surface area contributed by atoms with Gasteiger partial charge in [-0.25, -0.2) is 9.18 Å². The first kappa shape index (κ1) is 15.6. The van der Waals surface area contributed by atoms with Crippen molar-refractivity contribution < 1.29 is 19.4 Å². The SMILES string of the molecule is O=C(O)C(Nc1ccc(Cl)c(Br)c1)c1cc(O)cc(F)c1. The van der Waals surface area contributed by atoms with Gasteiger partial charge in [-0.05, 0) is 51.8 Å². The van der Waals surface area contributed by atoms with Crippen LogP contribution in [0.15, 0.2) is 40.9 Å².